The molecule has 0 radical (unpaired) electrons. The summed E-state index contributed by atoms with van der Waals surface area (Å²) < 4.78 is 11.1. The second-order valence-electron chi connectivity index (χ2n) is 7.97. The van der Waals surface area contributed by atoms with Crippen molar-refractivity contribution < 1.29 is 23.9 Å². The third-order valence-corrected chi connectivity index (χ3v) is 5.41. The second kappa shape index (κ2) is 11.4. The lowest BCUT2D eigenvalue weighted by Gasteiger charge is -2.26. The zero-order valence-electron chi connectivity index (χ0n) is 19.1. The number of hydrogen-bond acceptors (Lipinski definition) is 5. The summed E-state index contributed by atoms with van der Waals surface area (Å²) in [6, 6.07) is 12.6. The van der Waals surface area contributed by atoms with E-state index in [9.17, 15) is 14.4 Å². The van der Waals surface area contributed by atoms with Crippen molar-refractivity contribution in [1.29, 1.82) is 0 Å². The number of ether oxygens (including phenoxy) is 2. The van der Waals surface area contributed by atoms with Crippen LogP contribution in [0.15, 0.2) is 42.5 Å². The fourth-order valence-electron chi connectivity index (χ4n) is 3.83. The van der Waals surface area contributed by atoms with Crippen LogP contribution in [-0.2, 0) is 14.3 Å². The molecule has 0 N–H and O–H groups in total. The van der Waals surface area contributed by atoms with Gasteiger partial charge in [-0.3, -0.25) is 4.79 Å². The van der Waals surface area contributed by atoms with Crippen molar-refractivity contribution in [2.75, 3.05) is 6.61 Å². The quantitative estimate of drug-likeness (QED) is 0.291. The monoisotopic (exact) mass is 424 g/mol. The molecule has 0 aliphatic heterocycles. The maximum absolute atomic E-state index is 12.7. The molecule has 0 saturated carbocycles. The minimum absolute atomic E-state index is 0.0256. The van der Waals surface area contributed by atoms with E-state index in [1.807, 2.05) is 52.8 Å². The van der Waals surface area contributed by atoms with Crippen molar-refractivity contribution in [3.63, 3.8) is 0 Å². The van der Waals surface area contributed by atoms with E-state index in [2.05, 4.69) is 0 Å². The number of ketones is 1. The first-order valence-electron chi connectivity index (χ1n) is 10.8. The van der Waals surface area contributed by atoms with Crippen molar-refractivity contribution in [1.82, 2.24) is 0 Å². The lowest BCUT2D eigenvalue weighted by Crippen LogP contribution is -2.32. The van der Waals surface area contributed by atoms with Crippen LogP contribution in [0.4, 0.5) is 0 Å². The number of carbonyl (C=O) groups is 3. The molecule has 0 saturated heterocycles. The van der Waals surface area contributed by atoms with E-state index < -0.39 is 23.8 Å². The van der Waals surface area contributed by atoms with Crippen molar-refractivity contribution in [2.24, 2.45) is 5.92 Å². The van der Waals surface area contributed by atoms with E-state index in [-0.39, 0.29) is 12.5 Å². The molecular weight excluding hydrogens is 392 g/mol. The zero-order valence-corrected chi connectivity index (χ0v) is 19.1. The molecule has 0 aliphatic rings. The number of carbonyl (C=O) groups excluding carboxylic acids is 3. The maximum atomic E-state index is 12.7. The largest absolute Gasteiger partial charge is 0.459 e. The molecular formula is C26H32O5. The van der Waals surface area contributed by atoms with Gasteiger partial charge in [-0.1, -0.05) is 56.2 Å². The van der Waals surface area contributed by atoms with Gasteiger partial charge in [-0.15, -0.1) is 0 Å². The van der Waals surface area contributed by atoms with Gasteiger partial charge < -0.3 is 9.47 Å². The molecule has 2 rings (SSSR count). The molecule has 0 heterocycles. The molecule has 0 aromatic heterocycles. The van der Waals surface area contributed by atoms with Gasteiger partial charge in [-0.25, -0.2) is 9.59 Å². The molecule has 0 bridgehead atoms. The Morgan fingerprint density at radius 3 is 2.10 bits per heavy atom. The van der Waals surface area contributed by atoms with Gasteiger partial charge in [0.05, 0.1) is 12.2 Å². The summed E-state index contributed by atoms with van der Waals surface area (Å²) in [5.41, 5.74) is 3.42. The number of rotatable bonds is 10. The summed E-state index contributed by atoms with van der Waals surface area (Å²) in [5, 5.41) is 0. The minimum Gasteiger partial charge on any atom is -0.459 e. The van der Waals surface area contributed by atoms with Crippen LogP contribution in [0.2, 0.25) is 0 Å². The Morgan fingerprint density at radius 1 is 0.935 bits per heavy atom. The van der Waals surface area contributed by atoms with Gasteiger partial charge in [0.15, 0.2) is 0 Å². The first-order valence-corrected chi connectivity index (χ1v) is 10.8. The van der Waals surface area contributed by atoms with Crippen LogP contribution < -0.4 is 0 Å². The van der Waals surface area contributed by atoms with E-state index in [0.717, 1.165) is 23.1 Å². The van der Waals surface area contributed by atoms with Crippen LogP contribution in [0, 0.1) is 26.7 Å². The Labute approximate surface area is 184 Å². The molecule has 2 unspecified atom stereocenters. The SMILES string of the molecule is CCCC(OC(=O)c1ccccc1)C(CC)COC(=O)C(=O)c1c(C)cc(C)cc1C. The summed E-state index contributed by atoms with van der Waals surface area (Å²) in [7, 11) is 0. The predicted molar refractivity (Wildman–Crippen MR) is 120 cm³/mol. The summed E-state index contributed by atoms with van der Waals surface area (Å²) in [4.78, 5) is 37.7. The van der Waals surface area contributed by atoms with Crippen molar-refractivity contribution in [3.8, 4) is 0 Å². The lowest BCUT2D eigenvalue weighted by atomic mass is 9.95. The van der Waals surface area contributed by atoms with E-state index in [1.165, 1.54) is 0 Å². The third kappa shape index (κ3) is 6.51. The van der Waals surface area contributed by atoms with Gasteiger partial charge in [0, 0.05) is 11.5 Å². The maximum Gasteiger partial charge on any atom is 0.379 e. The number of benzene rings is 2. The molecule has 0 amide bonds. The fourth-order valence-corrected chi connectivity index (χ4v) is 3.83. The van der Waals surface area contributed by atoms with Crippen LogP contribution in [0.3, 0.4) is 0 Å². The van der Waals surface area contributed by atoms with Crippen molar-refractivity contribution >= 4 is 17.7 Å². The van der Waals surface area contributed by atoms with Crippen LogP contribution in [0.25, 0.3) is 0 Å². The highest BCUT2D eigenvalue weighted by molar-refractivity contribution is 6.41. The average Bonchev–Trinajstić information content (AvgIpc) is 2.73. The number of esters is 2. The molecule has 31 heavy (non-hydrogen) atoms. The summed E-state index contributed by atoms with van der Waals surface area (Å²) in [6.45, 7) is 9.56. The van der Waals surface area contributed by atoms with E-state index in [1.54, 1.807) is 24.3 Å². The van der Waals surface area contributed by atoms with Gasteiger partial charge in [-0.2, -0.15) is 0 Å². The van der Waals surface area contributed by atoms with Gasteiger partial charge in [0.25, 0.3) is 5.78 Å². The second-order valence-corrected chi connectivity index (χ2v) is 7.97. The molecule has 0 aliphatic carbocycles. The fraction of sp³-hybridized carbons (Fsp3) is 0.423. The predicted octanol–water partition coefficient (Wildman–Crippen LogP) is 5.39. The van der Waals surface area contributed by atoms with Crippen LogP contribution in [-0.4, -0.2) is 30.4 Å². The molecule has 5 heteroatoms. The molecule has 2 aromatic rings. The van der Waals surface area contributed by atoms with Crippen LogP contribution in [0.1, 0.15) is 70.5 Å². The van der Waals surface area contributed by atoms with E-state index in [0.29, 0.717) is 24.0 Å². The Kier molecular flexibility index (Phi) is 8.98. The molecule has 5 nitrogen and oxygen atoms in total. The van der Waals surface area contributed by atoms with Gasteiger partial charge in [0.1, 0.15) is 6.10 Å². The smallest absolute Gasteiger partial charge is 0.379 e. The highest BCUT2D eigenvalue weighted by Gasteiger charge is 2.28. The van der Waals surface area contributed by atoms with E-state index in [4.69, 9.17) is 9.47 Å². The summed E-state index contributed by atoms with van der Waals surface area (Å²) in [5.74, 6) is -2.10. The zero-order chi connectivity index (χ0) is 23.0. The molecule has 166 valence electrons. The lowest BCUT2D eigenvalue weighted by molar-refractivity contribution is -0.140. The molecule has 0 spiro atoms. The minimum atomic E-state index is -0.877. The highest BCUT2D eigenvalue weighted by Crippen LogP contribution is 2.21. The first-order chi connectivity index (χ1) is 14.8. The Morgan fingerprint density at radius 2 is 1.55 bits per heavy atom. The third-order valence-electron chi connectivity index (χ3n) is 5.41. The molecule has 2 atom stereocenters. The number of aryl methyl sites for hydroxylation is 3. The number of Topliss-reactive ketones (excluding diaryl/α,β-unsaturated/α-hetero) is 1. The van der Waals surface area contributed by atoms with Crippen LogP contribution in [0.5, 0.6) is 0 Å². The van der Waals surface area contributed by atoms with Gasteiger partial charge in [0.2, 0.25) is 0 Å². The summed E-state index contributed by atoms with van der Waals surface area (Å²) in [6.07, 6.45) is 1.72. The standard InChI is InChI=1S/C26H32O5/c1-6-11-22(31-25(28)21-12-9-8-10-13-21)20(7-2)16-30-26(29)24(27)23-18(4)14-17(3)15-19(23)5/h8-10,12-15,20,22H,6-7,11,16H2,1-5H3. The van der Waals surface area contributed by atoms with Gasteiger partial charge >= 0.3 is 11.9 Å². The highest BCUT2D eigenvalue weighted by atomic mass is 16.6. The average molecular weight is 425 g/mol. The molecule has 2 aromatic carbocycles. The van der Waals surface area contributed by atoms with Crippen LogP contribution >= 0.6 is 0 Å². The normalized spacial score (nSPS) is 12.7. The van der Waals surface area contributed by atoms with Crippen molar-refractivity contribution in [3.05, 3.63) is 70.3 Å². The summed E-state index contributed by atoms with van der Waals surface area (Å²) >= 11 is 0. The number of hydrogen-bond donors (Lipinski definition) is 0. The van der Waals surface area contributed by atoms with Gasteiger partial charge in [-0.05, 0) is 56.9 Å². The van der Waals surface area contributed by atoms with E-state index >= 15 is 0 Å². The Bertz CT molecular complexity index is 894. The Hall–Kier alpha value is -2.95. The Balaban J connectivity index is 2.06. The first kappa shape index (κ1) is 24.3. The topological polar surface area (TPSA) is 69.7 Å². The molecule has 0 fully saturated rings. The van der Waals surface area contributed by atoms with Crippen molar-refractivity contribution in [2.45, 2.75) is 60.0 Å².